The van der Waals surface area contributed by atoms with E-state index in [0.29, 0.717) is 50.7 Å². The molecule has 34 heavy (non-hydrogen) atoms. The van der Waals surface area contributed by atoms with Crippen molar-refractivity contribution in [2.75, 3.05) is 59.7 Å². The molecule has 0 aliphatic carbocycles. The first-order chi connectivity index (χ1) is 16.4. The number of amides is 1. The Bertz CT molecular complexity index is 1190. The third-order valence-electron chi connectivity index (χ3n) is 6.82. The zero-order valence-corrected chi connectivity index (χ0v) is 20.0. The summed E-state index contributed by atoms with van der Waals surface area (Å²) in [7, 11) is -2.30. The molecule has 11 heteroatoms. The standard InChI is InChI=1S/C23H29FN4O5S/c1-32-11-8-26-7-3-4-16(14-26)28-21-17-5-2-6-19(24)22(17)34(30,31)15-18(21)20(25-28)23(29)27-9-12-33-13-10-27/h2,5-6,16H,3-4,7-15H2,1H3/t16-/m0/s1. The van der Waals surface area contributed by atoms with Gasteiger partial charge in [-0.2, -0.15) is 5.10 Å². The van der Waals surface area contributed by atoms with Crippen LogP contribution < -0.4 is 0 Å². The van der Waals surface area contributed by atoms with E-state index < -0.39 is 21.4 Å². The summed E-state index contributed by atoms with van der Waals surface area (Å²) in [6.45, 7) is 4.71. The average Bonchev–Trinajstić information content (AvgIpc) is 3.21. The number of carbonyl (C=O) groups excluding carboxylic acids is 1. The van der Waals surface area contributed by atoms with Gasteiger partial charge in [0.2, 0.25) is 0 Å². The number of sulfone groups is 1. The number of hydrogen-bond acceptors (Lipinski definition) is 7. The number of rotatable bonds is 5. The summed E-state index contributed by atoms with van der Waals surface area (Å²) in [6.07, 6.45) is 1.77. The lowest BCUT2D eigenvalue weighted by Crippen LogP contribution is -2.41. The van der Waals surface area contributed by atoms with Crippen molar-refractivity contribution in [1.82, 2.24) is 19.6 Å². The van der Waals surface area contributed by atoms with Crippen molar-refractivity contribution in [3.63, 3.8) is 0 Å². The van der Waals surface area contributed by atoms with Crippen LogP contribution in [0.1, 0.15) is 34.9 Å². The molecule has 0 bridgehead atoms. The molecule has 3 aliphatic heterocycles. The van der Waals surface area contributed by atoms with Crippen molar-refractivity contribution < 1.29 is 27.1 Å². The van der Waals surface area contributed by atoms with Gasteiger partial charge in [-0.15, -0.1) is 0 Å². The first-order valence-electron chi connectivity index (χ1n) is 11.6. The van der Waals surface area contributed by atoms with E-state index in [1.165, 1.54) is 6.07 Å². The second-order valence-corrected chi connectivity index (χ2v) is 10.9. The molecule has 4 heterocycles. The molecule has 0 saturated carbocycles. The lowest BCUT2D eigenvalue weighted by Gasteiger charge is -2.34. The van der Waals surface area contributed by atoms with Crippen LogP contribution in [0.2, 0.25) is 0 Å². The predicted octanol–water partition coefficient (Wildman–Crippen LogP) is 1.73. The number of likely N-dealkylation sites (tertiary alicyclic amines) is 1. The highest BCUT2D eigenvalue weighted by Crippen LogP contribution is 2.42. The van der Waals surface area contributed by atoms with Crippen molar-refractivity contribution in [3.8, 4) is 11.3 Å². The number of morpholine rings is 1. The van der Waals surface area contributed by atoms with Gasteiger partial charge in [-0.25, -0.2) is 12.8 Å². The molecule has 5 rings (SSSR count). The highest BCUT2D eigenvalue weighted by molar-refractivity contribution is 7.91. The van der Waals surface area contributed by atoms with E-state index in [0.717, 1.165) is 32.0 Å². The topological polar surface area (TPSA) is 94.0 Å². The van der Waals surface area contributed by atoms with Crippen molar-refractivity contribution in [2.45, 2.75) is 29.5 Å². The van der Waals surface area contributed by atoms with E-state index >= 15 is 0 Å². The first kappa shape index (κ1) is 23.4. The molecule has 2 saturated heterocycles. The van der Waals surface area contributed by atoms with Gasteiger partial charge >= 0.3 is 0 Å². The van der Waals surface area contributed by atoms with Crippen molar-refractivity contribution >= 4 is 15.7 Å². The Labute approximate surface area is 198 Å². The quantitative estimate of drug-likeness (QED) is 0.628. The Kier molecular flexibility index (Phi) is 6.45. The molecule has 2 fully saturated rings. The van der Waals surface area contributed by atoms with E-state index in [-0.39, 0.29) is 28.1 Å². The third-order valence-corrected chi connectivity index (χ3v) is 8.52. The van der Waals surface area contributed by atoms with E-state index in [1.807, 2.05) is 0 Å². The monoisotopic (exact) mass is 492 g/mol. The van der Waals surface area contributed by atoms with Gasteiger partial charge in [0.15, 0.2) is 15.5 Å². The molecule has 9 nitrogen and oxygen atoms in total. The number of halogens is 1. The molecule has 0 spiro atoms. The van der Waals surface area contributed by atoms with Gasteiger partial charge in [0.05, 0.1) is 37.3 Å². The number of benzene rings is 1. The van der Waals surface area contributed by atoms with Gasteiger partial charge < -0.3 is 14.4 Å². The molecule has 0 unspecified atom stereocenters. The molecular weight excluding hydrogens is 463 g/mol. The average molecular weight is 493 g/mol. The fourth-order valence-corrected chi connectivity index (χ4v) is 6.83. The van der Waals surface area contributed by atoms with Crippen LogP contribution in [0, 0.1) is 5.82 Å². The summed E-state index contributed by atoms with van der Waals surface area (Å²) in [4.78, 5) is 17.1. The molecular formula is C23H29FN4O5S. The van der Waals surface area contributed by atoms with E-state index in [2.05, 4.69) is 4.90 Å². The summed E-state index contributed by atoms with van der Waals surface area (Å²) in [5.41, 5.74) is 1.33. The molecule has 184 valence electrons. The highest BCUT2D eigenvalue weighted by Gasteiger charge is 2.40. The zero-order valence-electron chi connectivity index (χ0n) is 19.2. The van der Waals surface area contributed by atoms with E-state index in [1.54, 1.807) is 22.8 Å². The summed E-state index contributed by atoms with van der Waals surface area (Å²) >= 11 is 0. The maximum absolute atomic E-state index is 14.8. The van der Waals surface area contributed by atoms with Crippen LogP contribution in [0.15, 0.2) is 23.1 Å². The summed E-state index contributed by atoms with van der Waals surface area (Å²) in [6, 6.07) is 4.21. The van der Waals surface area contributed by atoms with Crippen LogP contribution >= 0.6 is 0 Å². The number of methoxy groups -OCH3 is 1. The van der Waals surface area contributed by atoms with E-state index in [4.69, 9.17) is 14.6 Å². The fraction of sp³-hybridized carbons (Fsp3) is 0.565. The molecule has 1 aromatic carbocycles. The van der Waals surface area contributed by atoms with Crippen molar-refractivity contribution in [1.29, 1.82) is 0 Å². The number of nitrogens with zero attached hydrogens (tertiary/aromatic N) is 4. The summed E-state index contributed by atoms with van der Waals surface area (Å²) in [5, 5.41) is 4.74. The Morgan fingerprint density at radius 3 is 2.82 bits per heavy atom. The normalized spacial score (nSPS) is 22.3. The first-order valence-corrected chi connectivity index (χ1v) is 13.3. The zero-order chi connectivity index (χ0) is 23.9. The smallest absolute Gasteiger partial charge is 0.274 e. The molecule has 0 N–H and O–H groups in total. The number of piperidine rings is 1. The molecule has 1 amide bonds. The number of aromatic nitrogens is 2. The number of fused-ring (bicyclic) bond motifs is 3. The van der Waals surface area contributed by atoms with Crippen LogP contribution in [0.4, 0.5) is 4.39 Å². The minimum Gasteiger partial charge on any atom is -0.383 e. The number of carbonyl (C=O) groups is 1. The van der Waals surface area contributed by atoms with Crippen LogP contribution in [0.25, 0.3) is 11.3 Å². The number of ether oxygens (including phenoxy) is 2. The summed E-state index contributed by atoms with van der Waals surface area (Å²) < 4.78 is 53.4. The molecule has 0 radical (unpaired) electrons. The Hall–Kier alpha value is -2.34. The largest absolute Gasteiger partial charge is 0.383 e. The highest BCUT2D eigenvalue weighted by atomic mass is 32.2. The van der Waals surface area contributed by atoms with Crippen molar-refractivity contribution in [2.24, 2.45) is 0 Å². The minimum absolute atomic E-state index is 0.0671. The van der Waals surface area contributed by atoms with E-state index in [9.17, 15) is 17.6 Å². The Morgan fingerprint density at radius 2 is 2.06 bits per heavy atom. The molecule has 2 aromatic rings. The van der Waals surface area contributed by atoms with Crippen LogP contribution in [0.5, 0.6) is 0 Å². The predicted molar refractivity (Wildman–Crippen MR) is 122 cm³/mol. The lowest BCUT2D eigenvalue weighted by molar-refractivity contribution is 0.0297. The Morgan fingerprint density at radius 1 is 1.26 bits per heavy atom. The molecule has 1 atom stereocenters. The minimum atomic E-state index is -3.96. The second kappa shape index (κ2) is 9.37. The van der Waals surface area contributed by atoms with Gasteiger partial charge in [-0.05, 0) is 25.5 Å². The summed E-state index contributed by atoms with van der Waals surface area (Å²) in [5.74, 6) is -1.52. The van der Waals surface area contributed by atoms with Gasteiger partial charge in [0.25, 0.3) is 5.91 Å². The fourth-order valence-electron chi connectivity index (χ4n) is 5.17. The SMILES string of the molecule is COCCN1CCC[C@H](n2nc(C(=O)N3CCOCC3)c3c2-c2cccc(F)c2S(=O)(=O)C3)C1. The molecule has 3 aliphatic rings. The number of hydrogen-bond donors (Lipinski definition) is 0. The second-order valence-electron chi connectivity index (χ2n) is 8.99. The Balaban J connectivity index is 1.63. The van der Waals surface area contributed by atoms with Gasteiger partial charge in [0, 0.05) is 44.4 Å². The van der Waals surface area contributed by atoms with Crippen LogP contribution in [-0.4, -0.2) is 93.6 Å². The molecule has 1 aromatic heterocycles. The van der Waals surface area contributed by atoms with Crippen LogP contribution in [-0.2, 0) is 25.1 Å². The third kappa shape index (κ3) is 4.15. The van der Waals surface area contributed by atoms with Crippen molar-refractivity contribution in [3.05, 3.63) is 35.3 Å². The van der Waals surface area contributed by atoms with Gasteiger partial charge in [0.1, 0.15) is 10.7 Å². The van der Waals surface area contributed by atoms with Gasteiger partial charge in [-0.3, -0.25) is 14.4 Å². The maximum Gasteiger partial charge on any atom is 0.274 e. The van der Waals surface area contributed by atoms with Crippen LogP contribution in [0.3, 0.4) is 0 Å². The maximum atomic E-state index is 14.8. The van der Waals surface area contributed by atoms with Gasteiger partial charge in [-0.1, -0.05) is 12.1 Å². The lowest BCUT2D eigenvalue weighted by atomic mass is 10.0.